The number of hydrogen-bond donors (Lipinski definition) is 4. The van der Waals surface area contributed by atoms with Crippen molar-refractivity contribution in [2.75, 3.05) is 6.61 Å². The van der Waals surface area contributed by atoms with Gasteiger partial charge in [0.25, 0.3) is 0 Å². The van der Waals surface area contributed by atoms with E-state index in [2.05, 4.69) is 5.32 Å². The number of esters is 3. The second-order valence-corrected chi connectivity index (χ2v) is 20.7. The summed E-state index contributed by atoms with van der Waals surface area (Å²) >= 11 is 0. The number of carbonyl (C=O) groups is 5. The van der Waals surface area contributed by atoms with Gasteiger partial charge < -0.3 is 49.1 Å². The summed E-state index contributed by atoms with van der Waals surface area (Å²) in [5.41, 5.74) is -7.05. The van der Waals surface area contributed by atoms with Gasteiger partial charge in [0.1, 0.15) is 23.4 Å². The Bertz CT molecular complexity index is 1970. The molecule has 1 heterocycles. The van der Waals surface area contributed by atoms with Crippen LogP contribution < -0.4 is 5.32 Å². The largest absolute Gasteiger partial charge is 0.456 e. The number of rotatable bonds is 11. The highest BCUT2D eigenvalue weighted by Crippen LogP contribution is 2.64. The highest BCUT2D eigenvalue weighted by Gasteiger charge is 2.78. The Kier molecular flexibility index (Phi) is 11.4. The molecular weight excluding hydrogens is 790 g/mol. The molecule has 0 spiro atoms. The molecule has 5 fully saturated rings. The molecule has 2 unspecified atom stereocenters. The Morgan fingerprint density at radius 3 is 2.18 bits per heavy atom. The van der Waals surface area contributed by atoms with E-state index in [1.54, 1.807) is 48.5 Å². The van der Waals surface area contributed by atoms with E-state index < -0.39 is 112 Å². The Hall–Kier alpha value is -3.89. The number of amides is 1. The number of Topliss-reactive ketones (excluding diaryl/α,β-unsaturated/α-hetero) is 1. The summed E-state index contributed by atoms with van der Waals surface area (Å²) in [6.07, 6.45) is -8.20. The maximum absolute atomic E-state index is 15.7. The lowest BCUT2D eigenvalue weighted by Crippen LogP contribution is -2.81. The summed E-state index contributed by atoms with van der Waals surface area (Å²) < 4.78 is 36.9. The molecule has 4 N–H and O–H groups in total. The first-order valence-electron chi connectivity index (χ1n) is 21.5. The number of aliphatic hydroxyl groups excluding tert-OH is 2. The molecule has 1 aromatic carbocycles. The van der Waals surface area contributed by atoms with Crippen LogP contribution in [-0.4, -0.2) is 111 Å². The molecular formula is C46H63NO14. The van der Waals surface area contributed by atoms with Crippen LogP contribution in [0.15, 0.2) is 41.5 Å². The lowest BCUT2D eigenvalue weighted by atomic mass is 9.44. The summed E-state index contributed by atoms with van der Waals surface area (Å²) in [6.45, 7) is 16.5. The van der Waals surface area contributed by atoms with Crippen molar-refractivity contribution in [3.8, 4) is 0 Å². The third-order valence-corrected chi connectivity index (χ3v) is 14.6. The number of nitrogens with one attached hydrogen (secondary N) is 1. The average Bonchev–Trinajstić information content (AvgIpc) is 4.10. The average molecular weight is 854 g/mol. The van der Waals surface area contributed by atoms with Crippen molar-refractivity contribution < 1.29 is 67.7 Å². The summed E-state index contributed by atoms with van der Waals surface area (Å²) in [6, 6.07) is 8.04. The minimum absolute atomic E-state index is 0.0844. The SMILES string of the molecule is CC(=O)O[C@@]12CO[C@@H]1C[C@H](O)[C@@]1(C)C(=O)[C@H](OC(=O)C3CC3)C3=C(C)[C@@H](OC(=O)[C@H](O)[C@@H](NC(=O)OC(C)(C)C)[C@@H]4CC4(C)C)C[C@@](O)(C(OCc4ccccc4)C12)C3(C)C. The molecule has 15 nitrogen and oxygen atoms in total. The summed E-state index contributed by atoms with van der Waals surface area (Å²) in [5, 5.41) is 40.4. The molecule has 1 saturated heterocycles. The van der Waals surface area contributed by atoms with Gasteiger partial charge in [-0.1, -0.05) is 58.0 Å². The predicted molar refractivity (Wildman–Crippen MR) is 216 cm³/mol. The number of fused-ring (bicyclic) bond motifs is 5. The summed E-state index contributed by atoms with van der Waals surface area (Å²) in [7, 11) is 0. The molecule has 336 valence electrons. The van der Waals surface area contributed by atoms with E-state index in [1.165, 1.54) is 6.92 Å². The van der Waals surface area contributed by atoms with Crippen molar-refractivity contribution in [3.05, 3.63) is 47.0 Å². The first-order chi connectivity index (χ1) is 28.3. The second-order valence-electron chi connectivity index (χ2n) is 20.7. The van der Waals surface area contributed by atoms with E-state index in [0.717, 1.165) is 5.56 Å². The van der Waals surface area contributed by atoms with Crippen molar-refractivity contribution in [2.45, 2.75) is 167 Å². The van der Waals surface area contributed by atoms with E-state index in [-0.39, 0.29) is 43.0 Å². The van der Waals surface area contributed by atoms with Gasteiger partial charge in [0, 0.05) is 31.1 Å². The Morgan fingerprint density at radius 1 is 1.00 bits per heavy atom. The summed E-state index contributed by atoms with van der Waals surface area (Å²) in [4.78, 5) is 69.8. The molecule has 4 saturated carbocycles. The number of benzene rings is 1. The van der Waals surface area contributed by atoms with Crippen LogP contribution in [0, 0.1) is 34.0 Å². The van der Waals surface area contributed by atoms with Crippen LogP contribution in [0.4, 0.5) is 4.79 Å². The van der Waals surface area contributed by atoms with Crippen molar-refractivity contribution in [1.82, 2.24) is 5.32 Å². The fraction of sp³-hybridized carbons (Fsp3) is 0.717. The zero-order valence-electron chi connectivity index (χ0n) is 36.9. The van der Waals surface area contributed by atoms with Crippen molar-refractivity contribution >= 4 is 29.8 Å². The van der Waals surface area contributed by atoms with Crippen molar-refractivity contribution in [3.63, 3.8) is 0 Å². The first-order valence-corrected chi connectivity index (χ1v) is 21.5. The van der Waals surface area contributed by atoms with Gasteiger partial charge in [0.2, 0.25) is 0 Å². The monoisotopic (exact) mass is 853 g/mol. The van der Waals surface area contributed by atoms with Crippen LogP contribution in [0.2, 0.25) is 0 Å². The third-order valence-electron chi connectivity index (χ3n) is 14.6. The van der Waals surface area contributed by atoms with Crippen LogP contribution in [0.5, 0.6) is 0 Å². The zero-order chi connectivity index (χ0) is 44.8. The van der Waals surface area contributed by atoms with Crippen LogP contribution in [-0.2, 0) is 54.2 Å². The van der Waals surface area contributed by atoms with Gasteiger partial charge >= 0.3 is 24.0 Å². The standard InChI is InChI=1S/C46H63NO14/c1-23-28(58-39(53)33(50)32(27-19-42(27,6)7)47-40(54)61-41(3,4)5)20-46(55)37(56-21-25-14-12-11-13-15-25)35-44(10,29(49)18-30-45(35,22-57-30)60-24(2)48)36(51)34(31(23)43(46,8)9)59-38(52)26-16-17-26/h11-15,26-30,32-35,37,49-50,55H,16-22H2,1-10H3,(H,47,54)/t27-,28-,29-,30+,32-,33+,34+,35?,37?,44+,45-,46+/m0/s1. The van der Waals surface area contributed by atoms with Gasteiger partial charge in [0.05, 0.1) is 42.8 Å². The smallest absolute Gasteiger partial charge is 0.407 e. The van der Waals surface area contributed by atoms with Crippen LogP contribution >= 0.6 is 0 Å². The van der Waals surface area contributed by atoms with E-state index in [4.69, 9.17) is 28.4 Å². The van der Waals surface area contributed by atoms with Crippen LogP contribution in [0.25, 0.3) is 0 Å². The molecule has 1 aliphatic heterocycles. The lowest BCUT2D eigenvalue weighted by Gasteiger charge is -2.67. The van der Waals surface area contributed by atoms with Crippen molar-refractivity contribution in [2.24, 2.45) is 34.0 Å². The van der Waals surface area contributed by atoms with Gasteiger partial charge in [-0.25, -0.2) is 9.59 Å². The second kappa shape index (κ2) is 15.4. The Morgan fingerprint density at radius 2 is 1.64 bits per heavy atom. The molecule has 7 rings (SSSR count). The van der Waals surface area contributed by atoms with Gasteiger partial charge in [-0.3, -0.25) is 14.4 Å². The normalized spacial score (nSPS) is 36.9. The maximum Gasteiger partial charge on any atom is 0.407 e. The quantitative estimate of drug-likeness (QED) is 0.139. The number of ether oxygens (including phenoxy) is 6. The maximum atomic E-state index is 15.7. The molecule has 61 heavy (non-hydrogen) atoms. The van der Waals surface area contributed by atoms with Crippen molar-refractivity contribution in [1.29, 1.82) is 0 Å². The van der Waals surface area contributed by atoms with E-state index in [9.17, 15) is 34.5 Å². The highest BCUT2D eigenvalue weighted by atomic mass is 16.6. The molecule has 15 heteroatoms. The van der Waals surface area contributed by atoms with Gasteiger partial charge in [-0.05, 0) is 81.9 Å². The fourth-order valence-corrected chi connectivity index (χ4v) is 10.8. The molecule has 5 aliphatic carbocycles. The van der Waals surface area contributed by atoms with Crippen LogP contribution in [0.1, 0.15) is 107 Å². The van der Waals surface area contributed by atoms with E-state index in [1.807, 2.05) is 44.2 Å². The van der Waals surface area contributed by atoms with Crippen LogP contribution in [0.3, 0.4) is 0 Å². The molecule has 1 aromatic rings. The van der Waals surface area contributed by atoms with E-state index >= 15 is 4.79 Å². The molecule has 0 radical (unpaired) electrons. The fourth-order valence-electron chi connectivity index (χ4n) is 10.8. The van der Waals surface area contributed by atoms with E-state index in [0.29, 0.717) is 24.8 Å². The zero-order valence-corrected chi connectivity index (χ0v) is 36.9. The lowest BCUT2D eigenvalue weighted by molar-refractivity contribution is -0.351. The number of alkyl carbamates (subject to hydrolysis) is 1. The third kappa shape index (κ3) is 7.80. The van der Waals surface area contributed by atoms with Gasteiger partial charge in [-0.2, -0.15) is 0 Å². The Labute approximate surface area is 357 Å². The molecule has 0 aromatic heterocycles. The number of carbonyl (C=O) groups excluding carboxylic acids is 5. The number of ketones is 1. The first kappa shape index (κ1) is 45.1. The van der Waals surface area contributed by atoms with Gasteiger partial charge in [-0.15, -0.1) is 0 Å². The highest BCUT2D eigenvalue weighted by molar-refractivity contribution is 5.95. The molecule has 2 bridgehead atoms. The summed E-state index contributed by atoms with van der Waals surface area (Å²) in [5.74, 6) is -5.17. The number of hydrogen-bond acceptors (Lipinski definition) is 14. The Balaban J connectivity index is 1.37. The predicted octanol–water partition coefficient (Wildman–Crippen LogP) is 4.25. The molecule has 12 atom stereocenters. The van der Waals surface area contributed by atoms with Gasteiger partial charge in [0.15, 0.2) is 23.6 Å². The molecule has 1 amide bonds. The minimum Gasteiger partial charge on any atom is -0.456 e. The number of aliphatic hydroxyl groups is 3. The molecule has 6 aliphatic rings. The topological polar surface area (TPSA) is 213 Å². The minimum atomic E-state index is -2.12.